The van der Waals surface area contributed by atoms with Crippen molar-refractivity contribution < 1.29 is 14.4 Å². The van der Waals surface area contributed by atoms with Crippen LogP contribution in [-0.4, -0.2) is 19.6 Å². The van der Waals surface area contributed by atoms with E-state index in [0.717, 1.165) is 11.1 Å². The van der Waals surface area contributed by atoms with Crippen molar-refractivity contribution >= 4 is 5.91 Å². The third-order valence-electron chi connectivity index (χ3n) is 1.78. The first-order chi connectivity index (χ1) is 7.11. The Morgan fingerprint density at radius 3 is 2.40 bits per heavy atom. The number of carbonyl (C=O) groups is 1. The second-order valence-electron chi connectivity index (χ2n) is 3.34. The summed E-state index contributed by atoms with van der Waals surface area (Å²) in [4.78, 5) is 15.5. The Kier molecular flexibility index (Phi) is 4.12. The van der Waals surface area contributed by atoms with Crippen LogP contribution in [0.3, 0.4) is 0 Å². The van der Waals surface area contributed by atoms with E-state index in [9.17, 15) is 4.79 Å². The van der Waals surface area contributed by atoms with Gasteiger partial charge in [0.05, 0.1) is 7.11 Å². The quantitative estimate of drug-likeness (QED) is 0.762. The van der Waals surface area contributed by atoms with E-state index in [1.54, 1.807) is 0 Å². The van der Waals surface area contributed by atoms with Gasteiger partial charge in [0.15, 0.2) is 6.61 Å². The van der Waals surface area contributed by atoms with E-state index in [0.29, 0.717) is 5.75 Å². The highest BCUT2D eigenvalue weighted by Crippen LogP contribution is 2.15. The molecule has 0 unspecified atom stereocenters. The lowest BCUT2D eigenvalue weighted by atomic mass is 10.1. The number of benzene rings is 1. The maximum atomic E-state index is 11.0. The van der Waals surface area contributed by atoms with E-state index in [-0.39, 0.29) is 12.5 Å². The smallest absolute Gasteiger partial charge is 0.281 e. The molecule has 0 radical (unpaired) electrons. The van der Waals surface area contributed by atoms with Gasteiger partial charge in [-0.15, -0.1) is 0 Å². The Bertz CT molecular complexity index is 329. The fourth-order valence-corrected chi connectivity index (χ4v) is 1.31. The first-order valence-electron chi connectivity index (χ1n) is 4.64. The Hall–Kier alpha value is -1.55. The van der Waals surface area contributed by atoms with E-state index in [1.165, 1.54) is 7.11 Å². The van der Waals surface area contributed by atoms with E-state index in [1.807, 2.05) is 32.0 Å². The molecule has 82 valence electrons. The number of hydrogen-bond acceptors (Lipinski definition) is 3. The Morgan fingerprint density at radius 2 is 1.87 bits per heavy atom. The molecule has 1 amide bonds. The molecule has 0 aromatic heterocycles. The number of aryl methyl sites for hydroxylation is 2. The summed E-state index contributed by atoms with van der Waals surface area (Å²) in [6.07, 6.45) is 0. The second-order valence-corrected chi connectivity index (χ2v) is 3.34. The first-order valence-corrected chi connectivity index (χ1v) is 4.64. The number of nitrogens with one attached hydrogen (secondary N) is 1. The molecule has 1 aromatic rings. The molecule has 1 N–H and O–H groups in total. The standard InChI is InChI=1S/C11H15NO3/c1-8-4-9(2)6-10(5-8)15-7-11(13)12-14-3/h4-6H,7H2,1-3H3,(H,12,13). The zero-order valence-electron chi connectivity index (χ0n) is 9.16. The summed E-state index contributed by atoms with van der Waals surface area (Å²) >= 11 is 0. The number of carbonyl (C=O) groups excluding carboxylic acids is 1. The lowest BCUT2D eigenvalue weighted by molar-refractivity contribution is -0.133. The van der Waals surface area contributed by atoms with Gasteiger partial charge in [-0.3, -0.25) is 9.63 Å². The van der Waals surface area contributed by atoms with Gasteiger partial charge in [0.1, 0.15) is 5.75 Å². The molecule has 0 aliphatic carbocycles. The lowest BCUT2D eigenvalue weighted by Gasteiger charge is -2.07. The number of hydroxylamine groups is 1. The molecule has 15 heavy (non-hydrogen) atoms. The first kappa shape index (κ1) is 11.5. The van der Waals surface area contributed by atoms with Gasteiger partial charge in [-0.1, -0.05) is 6.07 Å². The summed E-state index contributed by atoms with van der Waals surface area (Å²) in [5.41, 5.74) is 4.40. The molecule has 0 aliphatic rings. The fraction of sp³-hybridized carbons (Fsp3) is 0.364. The Morgan fingerprint density at radius 1 is 1.27 bits per heavy atom. The predicted molar refractivity (Wildman–Crippen MR) is 56.6 cm³/mol. The lowest BCUT2D eigenvalue weighted by Crippen LogP contribution is -2.27. The van der Waals surface area contributed by atoms with Crippen molar-refractivity contribution in [2.24, 2.45) is 0 Å². The van der Waals surface area contributed by atoms with Crippen LogP contribution in [0.1, 0.15) is 11.1 Å². The normalized spacial score (nSPS) is 9.80. The third-order valence-corrected chi connectivity index (χ3v) is 1.78. The molecule has 1 aromatic carbocycles. The topological polar surface area (TPSA) is 47.6 Å². The summed E-state index contributed by atoms with van der Waals surface area (Å²) < 4.78 is 5.29. The Balaban J connectivity index is 2.54. The highest BCUT2D eigenvalue weighted by Gasteiger charge is 2.02. The maximum Gasteiger partial charge on any atom is 0.281 e. The van der Waals surface area contributed by atoms with Crippen molar-refractivity contribution in [2.75, 3.05) is 13.7 Å². The average Bonchev–Trinajstić information content (AvgIpc) is 2.14. The van der Waals surface area contributed by atoms with Gasteiger partial charge in [-0.05, 0) is 37.1 Å². The molecule has 0 heterocycles. The van der Waals surface area contributed by atoms with Gasteiger partial charge in [-0.2, -0.15) is 0 Å². The van der Waals surface area contributed by atoms with Crippen molar-refractivity contribution in [3.8, 4) is 5.75 Å². The SMILES string of the molecule is CONC(=O)COc1cc(C)cc(C)c1. The Labute approximate surface area is 89.1 Å². The summed E-state index contributed by atoms with van der Waals surface area (Å²) in [6.45, 7) is 3.92. The summed E-state index contributed by atoms with van der Waals surface area (Å²) in [7, 11) is 1.38. The predicted octanol–water partition coefficient (Wildman–Crippen LogP) is 1.36. The van der Waals surface area contributed by atoms with E-state index in [2.05, 4.69) is 10.3 Å². The fourth-order valence-electron chi connectivity index (χ4n) is 1.31. The molecule has 0 bridgehead atoms. The van der Waals surface area contributed by atoms with Crippen LogP contribution in [-0.2, 0) is 9.63 Å². The molecule has 0 atom stereocenters. The van der Waals surface area contributed by atoms with Crippen molar-refractivity contribution in [1.82, 2.24) is 5.48 Å². The van der Waals surface area contributed by atoms with Crippen LogP contribution in [0, 0.1) is 13.8 Å². The second kappa shape index (κ2) is 5.36. The minimum Gasteiger partial charge on any atom is -0.484 e. The van der Waals surface area contributed by atoms with Crippen LogP contribution >= 0.6 is 0 Å². The number of hydrogen-bond donors (Lipinski definition) is 1. The van der Waals surface area contributed by atoms with Crippen molar-refractivity contribution in [1.29, 1.82) is 0 Å². The average molecular weight is 209 g/mol. The molecule has 0 saturated heterocycles. The molecule has 0 fully saturated rings. The molecule has 1 rings (SSSR count). The minimum absolute atomic E-state index is 0.0449. The van der Waals surface area contributed by atoms with Crippen molar-refractivity contribution in [3.63, 3.8) is 0 Å². The molecule has 4 nitrogen and oxygen atoms in total. The van der Waals surface area contributed by atoms with E-state index >= 15 is 0 Å². The third kappa shape index (κ3) is 3.99. The van der Waals surface area contributed by atoms with Gasteiger partial charge in [0.25, 0.3) is 5.91 Å². The molecular formula is C11H15NO3. The van der Waals surface area contributed by atoms with Gasteiger partial charge in [-0.25, -0.2) is 5.48 Å². The van der Waals surface area contributed by atoms with Crippen LogP contribution in [0.5, 0.6) is 5.75 Å². The molecule has 0 aliphatic heterocycles. The maximum absolute atomic E-state index is 11.0. The highest BCUT2D eigenvalue weighted by atomic mass is 16.6. The summed E-state index contributed by atoms with van der Waals surface area (Å²) in [6, 6.07) is 5.81. The van der Waals surface area contributed by atoms with Crippen molar-refractivity contribution in [2.45, 2.75) is 13.8 Å². The van der Waals surface area contributed by atoms with Crippen LogP contribution in [0.4, 0.5) is 0 Å². The van der Waals surface area contributed by atoms with Crippen LogP contribution < -0.4 is 10.2 Å². The zero-order chi connectivity index (χ0) is 11.3. The van der Waals surface area contributed by atoms with E-state index in [4.69, 9.17) is 4.74 Å². The molecule has 0 spiro atoms. The largest absolute Gasteiger partial charge is 0.484 e. The highest BCUT2D eigenvalue weighted by molar-refractivity contribution is 5.76. The number of amides is 1. The molecule has 0 saturated carbocycles. The van der Waals surface area contributed by atoms with Crippen LogP contribution in [0.2, 0.25) is 0 Å². The molecular weight excluding hydrogens is 194 g/mol. The summed E-state index contributed by atoms with van der Waals surface area (Å²) in [5, 5.41) is 0. The van der Waals surface area contributed by atoms with Gasteiger partial charge in [0.2, 0.25) is 0 Å². The zero-order valence-corrected chi connectivity index (χ0v) is 9.16. The van der Waals surface area contributed by atoms with E-state index < -0.39 is 0 Å². The number of rotatable bonds is 4. The molecule has 4 heteroatoms. The van der Waals surface area contributed by atoms with Crippen LogP contribution in [0.25, 0.3) is 0 Å². The number of ether oxygens (including phenoxy) is 1. The van der Waals surface area contributed by atoms with Gasteiger partial charge < -0.3 is 4.74 Å². The minimum atomic E-state index is -0.309. The van der Waals surface area contributed by atoms with Crippen LogP contribution in [0.15, 0.2) is 18.2 Å². The van der Waals surface area contributed by atoms with Gasteiger partial charge in [0, 0.05) is 0 Å². The monoisotopic (exact) mass is 209 g/mol. The van der Waals surface area contributed by atoms with Gasteiger partial charge >= 0.3 is 0 Å². The summed E-state index contributed by atoms with van der Waals surface area (Å²) in [5.74, 6) is 0.385. The van der Waals surface area contributed by atoms with Crippen molar-refractivity contribution in [3.05, 3.63) is 29.3 Å².